The van der Waals surface area contributed by atoms with Crippen molar-refractivity contribution in [2.75, 3.05) is 19.5 Å². The van der Waals surface area contributed by atoms with Crippen LogP contribution in [0.1, 0.15) is 18.8 Å². The van der Waals surface area contributed by atoms with Gasteiger partial charge in [0.1, 0.15) is 11.6 Å². The summed E-state index contributed by atoms with van der Waals surface area (Å²) in [6.07, 6.45) is 0. The van der Waals surface area contributed by atoms with E-state index < -0.39 is 6.04 Å². The van der Waals surface area contributed by atoms with Gasteiger partial charge in [-0.15, -0.1) is 0 Å². The van der Waals surface area contributed by atoms with E-state index in [1.165, 1.54) is 9.47 Å². The van der Waals surface area contributed by atoms with Crippen molar-refractivity contribution in [2.24, 2.45) is 7.05 Å². The van der Waals surface area contributed by atoms with Gasteiger partial charge in [-0.25, -0.2) is 9.78 Å². The molecule has 27 heavy (non-hydrogen) atoms. The van der Waals surface area contributed by atoms with E-state index in [0.717, 1.165) is 0 Å². The summed E-state index contributed by atoms with van der Waals surface area (Å²) in [5.74, 6) is 1.08. The Kier molecular flexibility index (Phi) is 5.12. The van der Waals surface area contributed by atoms with Crippen molar-refractivity contribution in [3.63, 3.8) is 0 Å². The lowest BCUT2D eigenvalue weighted by Gasteiger charge is -2.26. The van der Waals surface area contributed by atoms with Crippen molar-refractivity contribution in [3.05, 3.63) is 64.7 Å². The molecule has 1 N–H and O–H groups in total. The van der Waals surface area contributed by atoms with Crippen molar-refractivity contribution in [1.82, 2.24) is 14.5 Å². The number of amides is 2. The van der Waals surface area contributed by atoms with Crippen LogP contribution in [0.5, 0.6) is 5.75 Å². The van der Waals surface area contributed by atoms with Crippen LogP contribution >= 0.6 is 0 Å². The number of hydrogen-bond acceptors (Lipinski definition) is 4. The zero-order valence-corrected chi connectivity index (χ0v) is 15.8. The third-order valence-electron chi connectivity index (χ3n) is 4.64. The lowest BCUT2D eigenvalue weighted by Crippen LogP contribution is -2.37. The van der Waals surface area contributed by atoms with E-state index in [4.69, 9.17) is 4.74 Å². The lowest BCUT2D eigenvalue weighted by atomic mass is 10.2. The van der Waals surface area contributed by atoms with Gasteiger partial charge < -0.3 is 15.0 Å². The molecule has 140 valence electrons. The van der Waals surface area contributed by atoms with Crippen LogP contribution in [0.15, 0.2) is 53.3 Å². The predicted octanol–water partition coefficient (Wildman–Crippen LogP) is 3.17. The van der Waals surface area contributed by atoms with E-state index in [2.05, 4.69) is 10.3 Å². The van der Waals surface area contributed by atoms with Gasteiger partial charge in [0.05, 0.1) is 29.7 Å². The Labute approximate surface area is 157 Å². The summed E-state index contributed by atoms with van der Waals surface area (Å²) in [5.41, 5.74) is 1.05. The van der Waals surface area contributed by atoms with E-state index in [9.17, 15) is 9.59 Å². The summed E-state index contributed by atoms with van der Waals surface area (Å²) in [6.45, 7) is 1.83. The molecule has 1 heterocycles. The number of nitrogens with zero attached hydrogens (tertiary/aromatic N) is 3. The van der Waals surface area contributed by atoms with Crippen LogP contribution in [0, 0.1) is 0 Å². The molecule has 1 unspecified atom stereocenters. The van der Waals surface area contributed by atoms with Gasteiger partial charge in [0.2, 0.25) is 0 Å². The molecule has 3 rings (SSSR count). The number of carbonyl (C=O) groups is 1. The fourth-order valence-electron chi connectivity index (χ4n) is 2.91. The standard InChI is InChI=1S/C20H22N4O3/c1-13(18-21-15-10-6-5-9-14(15)19(25)24(18)3)23(2)20(26)22-16-11-7-8-12-17(16)27-4/h5-13H,1-4H3,(H,22,26). The van der Waals surface area contributed by atoms with Crippen molar-refractivity contribution in [2.45, 2.75) is 13.0 Å². The number of para-hydroxylation sites is 3. The fraction of sp³-hybridized carbons (Fsp3) is 0.250. The first-order valence-electron chi connectivity index (χ1n) is 8.56. The van der Waals surface area contributed by atoms with Crippen LogP contribution in [0.3, 0.4) is 0 Å². The number of anilines is 1. The van der Waals surface area contributed by atoms with E-state index in [0.29, 0.717) is 28.2 Å². The molecule has 2 amide bonds. The first kappa shape index (κ1) is 18.4. The van der Waals surface area contributed by atoms with Gasteiger partial charge in [-0.05, 0) is 31.2 Å². The zero-order chi connectivity index (χ0) is 19.6. The van der Waals surface area contributed by atoms with Gasteiger partial charge >= 0.3 is 6.03 Å². The van der Waals surface area contributed by atoms with Crippen LogP contribution in [0.25, 0.3) is 10.9 Å². The number of urea groups is 1. The number of fused-ring (bicyclic) bond motifs is 1. The molecule has 0 aliphatic rings. The molecule has 0 aliphatic carbocycles. The Morgan fingerprint density at radius 3 is 2.59 bits per heavy atom. The molecule has 1 aromatic heterocycles. The molecule has 0 fully saturated rings. The van der Waals surface area contributed by atoms with Gasteiger partial charge in [-0.2, -0.15) is 0 Å². The second kappa shape index (κ2) is 7.49. The minimum Gasteiger partial charge on any atom is -0.495 e. The lowest BCUT2D eigenvalue weighted by molar-refractivity contribution is 0.205. The number of benzene rings is 2. The maximum atomic E-state index is 12.7. The maximum absolute atomic E-state index is 12.7. The molecule has 7 nitrogen and oxygen atoms in total. The number of ether oxygens (including phenoxy) is 1. The summed E-state index contributed by atoms with van der Waals surface area (Å²) >= 11 is 0. The molecule has 3 aromatic rings. The Hall–Kier alpha value is -3.35. The zero-order valence-electron chi connectivity index (χ0n) is 15.8. The summed E-state index contributed by atoms with van der Waals surface area (Å²) in [7, 11) is 4.88. The topological polar surface area (TPSA) is 76.5 Å². The largest absolute Gasteiger partial charge is 0.495 e. The first-order chi connectivity index (χ1) is 12.9. The molecule has 7 heteroatoms. The molecule has 0 aliphatic heterocycles. The van der Waals surface area contributed by atoms with Crippen LogP contribution in [0.2, 0.25) is 0 Å². The summed E-state index contributed by atoms with van der Waals surface area (Å²) in [5, 5.41) is 3.38. The quantitative estimate of drug-likeness (QED) is 0.769. The number of methoxy groups -OCH3 is 1. The molecule has 0 radical (unpaired) electrons. The van der Waals surface area contributed by atoms with Crippen LogP contribution < -0.4 is 15.6 Å². The van der Waals surface area contributed by atoms with Gasteiger partial charge in [-0.3, -0.25) is 9.36 Å². The van der Waals surface area contributed by atoms with Gasteiger partial charge in [0.15, 0.2) is 0 Å². The van der Waals surface area contributed by atoms with Gasteiger partial charge in [0, 0.05) is 14.1 Å². The SMILES string of the molecule is COc1ccccc1NC(=O)N(C)C(C)c1nc2ccccc2c(=O)n1C. The smallest absolute Gasteiger partial charge is 0.322 e. The van der Waals surface area contributed by atoms with Crippen LogP contribution in [-0.2, 0) is 7.05 Å². The number of hydrogen-bond donors (Lipinski definition) is 1. The van der Waals surface area contributed by atoms with E-state index in [1.807, 2.05) is 25.1 Å². The molecule has 1 atom stereocenters. The maximum Gasteiger partial charge on any atom is 0.322 e. The minimum absolute atomic E-state index is 0.138. The normalized spacial score (nSPS) is 11.9. The summed E-state index contributed by atoms with van der Waals surface area (Å²) < 4.78 is 6.75. The van der Waals surface area contributed by atoms with Gasteiger partial charge in [-0.1, -0.05) is 24.3 Å². The third kappa shape index (κ3) is 3.48. The Morgan fingerprint density at radius 2 is 1.85 bits per heavy atom. The molecule has 0 saturated carbocycles. The fourth-order valence-corrected chi connectivity index (χ4v) is 2.91. The van der Waals surface area contributed by atoms with E-state index in [1.54, 1.807) is 51.5 Å². The Morgan fingerprint density at radius 1 is 1.19 bits per heavy atom. The molecular formula is C20H22N4O3. The number of nitrogens with one attached hydrogen (secondary N) is 1. The second-order valence-corrected chi connectivity index (χ2v) is 6.27. The highest BCUT2D eigenvalue weighted by Gasteiger charge is 2.22. The highest BCUT2D eigenvalue weighted by Crippen LogP contribution is 2.25. The predicted molar refractivity (Wildman–Crippen MR) is 105 cm³/mol. The summed E-state index contributed by atoms with van der Waals surface area (Å²) in [4.78, 5) is 31.4. The number of aromatic nitrogens is 2. The average molecular weight is 366 g/mol. The van der Waals surface area contributed by atoms with Crippen molar-refractivity contribution in [3.8, 4) is 5.75 Å². The number of rotatable bonds is 4. The molecular weight excluding hydrogens is 344 g/mol. The third-order valence-corrected chi connectivity index (χ3v) is 4.64. The molecule has 0 saturated heterocycles. The minimum atomic E-state index is -0.415. The monoisotopic (exact) mass is 366 g/mol. The number of carbonyl (C=O) groups excluding carboxylic acids is 1. The average Bonchev–Trinajstić information content (AvgIpc) is 2.70. The molecule has 0 spiro atoms. The Bertz CT molecular complexity index is 1040. The first-order valence-corrected chi connectivity index (χ1v) is 8.56. The van der Waals surface area contributed by atoms with E-state index in [-0.39, 0.29) is 11.6 Å². The van der Waals surface area contributed by atoms with Crippen LogP contribution in [-0.4, -0.2) is 34.6 Å². The van der Waals surface area contributed by atoms with E-state index >= 15 is 0 Å². The second-order valence-electron chi connectivity index (χ2n) is 6.27. The highest BCUT2D eigenvalue weighted by molar-refractivity contribution is 5.91. The van der Waals surface area contributed by atoms with Crippen molar-refractivity contribution < 1.29 is 9.53 Å². The van der Waals surface area contributed by atoms with Crippen LogP contribution in [0.4, 0.5) is 10.5 Å². The van der Waals surface area contributed by atoms with Crippen molar-refractivity contribution >= 4 is 22.6 Å². The Balaban J connectivity index is 1.90. The summed E-state index contributed by atoms with van der Waals surface area (Å²) in [6, 6.07) is 13.6. The molecule has 2 aromatic carbocycles. The van der Waals surface area contributed by atoms with Crippen molar-refractivity contribution in [1.29, 1.82) is 0 Å². The van der Waals surface area contributed by atoms with Gasteiger partial charge in [0.25, 0.3) is 5.56 Å². The highest BCUT2D eigenvalue weighted by atomic mass is 16.5. The molecule has 0 bridgehead atoms.